The molecule has 3 nitrogen and oxygen atoms in total. The second-order valence-electron chi connectivity index (χ2n) is 4.38. The normalized spacial score (nSPS) is 11.7. The van der Waals surface area contributed by atoms with Crippen LogP contribution in [0.2, 0.25) is 5.02 Å². The highest BCUT2D eigenvalue weighted by Crippen LogP contribution is 2.20. The summed E-state index contributed by atoms with van der Waals surface area (Å²) in [5, 5.41) is 3.87. The van der Waals surface area contributed by atoms with Gasteiger partial charge in [0.2, 0.25) is 0 Å². The lowest BCUT2D eigenvalue weighted by Gasteiger charge is -2.16. The van der Waals surface area contributed by atoms with E-state index in [9.17, 15) is 4.79 Å². The van der Waals surface area contributed by atoms with E-state index >= 15 is 0 Å². The summed E-state index contributed by atoms with van der Waals surface area (Å²) in [7, 11) is 1.40. The predicted molar refractivity (Wildman–Crippen MR) is 81.1 cm³/mol. The Morgan fingerprint density at radius 3 is 2.60 bits per heavy atom. The predicted octanol–water partition coefficient (Wildman–Crippen LogP) is 3.71. The Kier molecular flexibility index (Phi) is 5.02. The molecule has 0 aliphatic rings. The molecule has 0 bridgehead atoms. The minimum atomic E-state index is -0.347. The first-order chi connectivity index (χ1) is 9.70. The Morgan fingerprint density at radius 1 is 1.20 bits per heavy atom. The first-order valence-electron chi connectivity index (χ1n) is 6.33. The summed E-state index contributed by atoms with van der Waals surface area (Å²) in [6.07, 6.45) is 0. The number of anilines is 1. The second-order valence-corrected chi connectivity index (χ2v) is 4.81. The van der Waals surface area contributed by atoms with Gasteiger partial charge in [0.15, 0.2) is 0 Å². The molecule has 1 N–H and O–H groups in total. The molecule has 0 amide bonds. The van der Waals surface area contributed by atoms with Crippen molar-refractivity contribution in [3.63, 3.8) is 0 Å². The van der Waals surface area contributed by atoms with E-state index in [1.54, 1.807) is 0 Å². The van der Waals surface area contributed by atoms with E-state index in [0.29, 0.717) is 11.6 Å². The lowest BCUT2D eigenvalue weighted by Crippen LogP contribution is -2.22. The van der Waals surface area contributed by atoms with E-state index in [1.165, 1.54) is 7.11 Å². The van der Waals surface area contributed by atoms with Crippen LogP contribution in [0.15, 0.2) is 54.6 Å². The fraction of sp³-hybridized carbons (Fsp3) is 0.188. The van der Waals surface area contributed by atoms with Gasteiger partial charge in [-0.3, -0.25) is 4.79 Å². The number of benzene rings is 2. The average Bonchev–Trinajstić information content (AvgIpc) is 2.48. The fourth-order valence-electron chi connectivity index (χ4n) is 1.98. The average molecular weight is 290 g/mol. The molecule has 20 heavy (non-hydrogen) atoms. The maximum absolute atomic E-state index is 11.9. The molecule has 0 heterocycles. The minimum absolute atomic E-state index is 0.259. The van der Waals surface area contributed by atoms with E-state index in [1.807, 2.05) is 54.6 Å². The van der Waals surface area contributed by atoms with Crippen molar-refractivity contribution in [1.82, 2.24) is 0 Å². The molecule has 104 valence electrons. The van der Waals surface area contributed by atoms with E-state index < -0.39 is 0 Å². The largest absolute Gasteiger partial charge is 0.468 e. The molecule has 0 aromatic heterocycles. The molecule has 2 aromatic carbocycles. The van der Waals surface area contributed by atoms with Crippen LogP contribution in [0, 0.1) is 0 Å². The first kappa shape index (κ1) is 14.4. The van der Waals surface area contributed by atoms with E-state index in [-0.39, 0.29) is 11.9 Å². The molecular weight excluding hydrogens is 274 g/mol. The SMILES string of the molecule is COC(=O)C(CNc1cccc(Cl)c1)c1ccccc1. The van der Waals surface area contributed by atoms with E-state index in [4.69, 9.17) is 16.3 Å². The van der Waals surface area contributed by atoms with Gasteiger partial charge in [0.25, 0.3) is 0 Å². The summed E-state index contributed by atoms with van der Waals surface area (Å²) < 4.78 is 4.87. The van der Waals surface area contributed by atoms with Crippen LogP contribution in [0.3, 0.4) is 0 Å². The van der Waals surface area contributed by atoms with Crippen LogP contribution >= 0.6 is 11.6 Å². The standard InChI is InChI=1S/C16H16ClNO2/c1-20-16(19)15(12-6-3-2-4-7-12)11-18-14-9-5-8-13(17)10-14/h2-10,15,18H,11H2,1H3. The van der Waals surface area contributed by atoms with Gasteiger partial charge in [0, 0.05) is 17.3 Å². The van der Waals surface area contributed by atoms with Gasteiger partial charge in [-0.2, -0.15) is 0 Å². The summed E-state index contributed by atoms with van der Waals surface area (Å²) in [6, 6.07) is 17.0. The molecule has 0 aliphatic heterocycles. The molecule has 0 fully saturated rings. The van der Waals surface area contributed by atoms with Gasteiger partial charge in [0.1, 0.15) is 0 Å². The van der Waals surface area contributed by atoms with Crippen molar-refractivity contribution in [1.29, 1.82) is 0 Å². The van der Waals surface area contributed by atoms with Crippen LogP contribution in [0.4, 0.5) is 5.69 Å². The summed E-state index contributed by atoms with van der Waals surface area (Å²) >= 11 is 5.94. The van der Waals surface area contributed by atoms with Crippen molar-refractivity contribution in [3.8, 4) is 0 Å². The number of methoxy groups -OCH3 is 1. The van der Waals surface area contributed by atoms with Crippen LogP contribution < -0.4 is 5.32 Å². The third-order valence-corrected chi connectivity index (χ3v) is 3.26. The number of esters is 1. The van der Waals surface area contributed by atoms with Gasteiger partial charge >= 0.3 is 5.97 Å². The molecule has 4 heteroatoms. The number of rotatable bonds is 5. The summed E-state index contributed by atoms with van der Waals surface area (Å²) in [5.41, 5.74) is 1.80. The summed E-state index contributed by atoms with van der Waals surface area (Å²) in [6.45, 7) is 0.455. The third kappa shape index (κ3) is 3.75. The van der Waals surface area contributed by atoms with Gasteiger partial charge in [-0.1, -0.05) is 48.0 Å². The maximum atomic E-state index is 11.9. The zero-order chi connectivity index (χ0) is 14.4. The van der Waals surface area contributed by atoms with Crippen molar-refractivity contribution in [2.75, 3.05) is 19.0 Å². The van der Waals surface area contributed by atoms with Crippen LogP contribution in [0.1, 0.15) is 11.5 Å². The van der Waals surface area contributed by atoms with Gasteiger partial charge in [-0.15, -0.1) is 0 Å². The minimum Gasteiger partial charge on any atom is -0.468 e. The van der Waals surface area contributed by atoms with Crippen molar-refractivity contribution in [3.05, 3.63) is 65.2 Å². The molecule has 0 saturated heterocycles. The molecule has 0 saturated carbocycles. The smallest absolute Gasteiger partial charge is 0.314 e. The summed E-state index contributed by atoms with van der Waals surface area (Å²) in [5.74, 6) is -0.606. The van der Waals surface area contributed by atoms with E-state index in [0.717, 1.165) is 11.3 Å². The number of hydrogen-bond acceptors (Lipinski definition) is 3. The fourth-order valence-corrected chi connectivity index (χ4v) is 2.17. The Morgan fingerprint density at radius 2 is 1.95 bits per heavy atom. The molecule has 1 unspecified atom stereocenters. The van der Waals surface area contributed by atoms with E-state index in [2.05, 4.69) is 5.32 Å². The maximum Gasteiger partial charge on any atom is 0.314 e. The molecule has 0 radical (unpaired) electrons. The number of carbonyl (C=O) groups excluding carboxylic acids is 1. The van der Waals surface area contributed by atoms with Crippen LogP contribution in [0.25, 0.3) is 0 Å². The monoisotopic (exact) mass is 289 g/mol. The number of carbonyl (C=O) groups is 1. The Balaban J connectivity index is 2.11. The highest BCUT2D eigenvalue weighted by atomic mass is 35.5. The summed E-state index contributed by atoms with van der Waals surface area (Å²) in [4.78, 5) is 11.9. The Bertz CT molecular complexity index is 572. The lowest BCUT2D eigenvalue weighted by molar-refractivity contribution is -0.142. The highest BCUT2D eigenvalue weighted by Gasteiger charge is 2.20. The van der Waals surface area contributed by atoms with Crippen LogP contribution in [-0.4, -0.2) is 19.6 Å². The first-order valence-corrected chi connectivity index (χ1v) is 6.70. The Labute approximate surface area is 123 Å². The third-order valence-electron chi connectivity index (χ3n) is 3.02. The van der Waals surface area contributed by atoms with Crippen molar-refractivity contribution in [2.45, 2.75) is 5.92 Å². The lowest BCUT2D eigenvalue weighted by atomic mass is 9.99. The molecule has 2 aromatic rings. The highest BCUT2D eigenvalue weighted by molar-refractivity contribution is 6.30. The van der Waals surface area contributed by atoms with Crippen molar-refractivity contribution in [2.24, 2.45) is 0 Å². The Hall–Kier alpha value is -2.00. The van der Waals surface area contributed by atoms with Gasteiger partial charge in [-0.25, -0.2) is 0 Å². The number of hydrogen-bond donors (Lipinski definition) is 1. The van der Waals surface area contributed by atoms with Gasteiger partial charge in [-0.05, 0) is 23.8 Å². The number of ether oxygens (including phenoxy) is 1. The molecule has 0 aliphatic carbocycles. The second kappa shape index (κ2) is 6.96. The molecule has 1 atom stereocenters. The van der Waals surface area contributed by atoms with Gasteiger partial charge in [0.05, 0.1) is 13.0 Å². The van der Waals surface area contributed by atoms with Gasteiger partial charge < -0.3 is 10.1 Å². The quantitative estimate of drug-likeness (QED) is 0.853. The van der Waals surface area contributed by atoms with Crippen LogP contribution in [-0.2, 0) is 9.53 Å². The number of halogens is 1. The van der Waals surface area contributed by atoms with Crippen molar-refractivity contribution >= 4 is 23.3 Å². The molecule has 2 rings (SSSR count). The number of nitrogens with one attached hydrogen (secondary N) is 1. The molecular formula is C16H16ClNO2. The zero-order valence-electron chi connectivity index (χ0n) is 11.2. The van der Waals surface area contributed by atoms with Crippen molar-refractivity contribution < 1.29 is 9.53 Å². The van der Waals surface area contributed by atoms with Crippen LogP contribution in [0.5, 0.6) is 0 Å². The topological polar surface area (TPSA) is 38.3 Å². The molecule has 0 spiro atoms. The zero-order valence-corrected chi connectivity index (χ0v) is 11.9.